The summed E-state index contributed by atoms with van der Waals surface area (Å²) in [7, 11) is 0. The molecule has 1 aliphatic carbocycles. The minimum atomic E-state index is 0.493. The number of morpholine rings is 1. The normalized spacial score (nSPS) is 29.9. The van der Waals surface area contributed by atoms with E-state index in [0.717, 1.165) is 44.0 Å². The lowest BCUT2D eigenvalue weighted by Gasteiger charge is -2.33. The number of aliphatic imine (C=N–C) groups is 1. The van der Waals surface area contributed by atoms with Crippen molar-refractivity contribution >= 4 is 23.4 Å². The molecule has 2 aliphatic heterocycles. The predicted molar refractivity (Wildman–Crippen MR) is 77.8 cm³/mol. The zero-order chi connectivity index (χ0) is 13.5. The average Bonchev–Trinajstić information content (AvgIpc) is 3.08. The van der Waals surface area contributed by atoms with E-state index in [0.29, 0.717) is 12.0 Å². The number of hydrogen-bond donors (Lipinski definition) is 0. The van der Waals surface area contributed by atoms with Crippen molar-refractivity contribution in [1.82, 2.24) is 19.7 Å². The van der Waals surface area contributed by atoms with E-state index in [9.17, 15) is 0 Å². The number of thioether (sulfide) groups is 1. The average molecular weight is 293 g/mol. The second-order valence-corrected chi connectivity index (χ2v) is 6.33. The lowest BCUT2D eigenvalue weighted by atomic mass is 10.0. The standard InChI is InChI=1S/C13H19N5OS/c1-20-13-15-12-14-11-9(8-18(12)16-13)2-3-10(11)17-4-6-19-7-5-17/h9-10H,2-8H2,1H3. The Morgan fingerprint density at radius 1 is 1.25 bits per heavy atom. The van der Waals surface area contributed by atoms with E-state index in [2.05, 4.69) is 15.0 Å². The molecular formula is C13H19N5OS. The second kappa shape index (κ2) is 5.13. The third kappa shape index (κ3) is 2.08. The fraction of sp³-hybridized carbons (Fsp3) is 0.769. The summed E-state index contributed by atoms with van der Waals surface area (Å²) in [6.07, 6.45) is 4.43. The van der Waals surface area contributed by atoms with Crippen molar-refractivity contribution in [2.45, 2.75) is 30.6 Å². The van der Waals surface area contributed by atoms with E-state index in [-0.39, 0.29) is 0 Å². The molecule has 0 radical (unpaired) electrons. The molecule has 0 amide bonds. The van der Waals surface area contributed by atoms with E-state index in [4.69, 9.17) is 9.73 Å². The van der Waals surface area contributed by atoms with Crippen molar-refractivity contribution in [1.29, 1.82) is 0 Å². The fourth-order valence-electron chi connectivity index (χ4n) is 3.47. The van der Waals surface area contributed by atoms with Gasteiger partial charge in [0.05, 0.1) is 19.8 Å². The Hall–Kier alpha value is -0.920. The van der Waals surface area contributed by atoms with Gasteiger partial charge >= 0.3 is 0 Å². The van der Waals surface area contributed by atoms with Crippen molar-refractivity contribution in [2.24, 2.45) is 10.9 Å². The first-order valence-corrected chi connectivity index (χ1v) is 8.47. The summed E-state index contributed by atoms with van der Waals surface area (Å²) in [5.41, 5.74) is 1.33. The van der Waals surface area contributed by atoms with Crippen LogP contribution in [0.15, 0.2) is 10.1 Å². The molecule has 2 fully saturated rings. The van der Waals surface area contributed by atoms with Gasteiger partial charge in [-0.1, -0.05) is 11.8 Å². The topological polar surface area (TPSA) is 55.5 Å². The first-order chi connectivity index (χ1) is 9.85. The second-order valence-electron chi connectivity index (χ2n) is 5.56. The number of ether oxygens (including phenoxy) is 1. The largest absolute Gasteiger partial charge is 0.379 e. The van der Waals surface area contributed by atoms with Crippen molar-refractivity contribution in [3.8, 4) is 0 Å². The molecule has 1 aromatic rings. The van der Waals surface area contributed by atoms with Crippen LogP contribution in [0.1, 0.15) is 12.8 Å². The third-order valence-corrected chi connectivity index (χ3v) is 5.01. The third-order valence-electron chi connectivity index (χ3n) is 4.47. The van der Waals surface area contributed by atoms with E-state index in [1.54, 1.807) is 11.8 Å². The molecule has 1 saturated carbocycles. The predicted octanol–water partition coefficient (Wildman–Crippen LogP) is 1.20. The van der Waals surface area contributed by atoms with Crippen molar-refractivity contribution < 1.29 is 4.74 Å². The summed E-state index contributed by atoms with van der Waals surface area (Å²) >= 11 is 1.58. The van der Waals surface area contributed by atoms with Gasteiger partial charge in [-0.15, -0.1) is 5.10 Å². The fourth-order valence-corrected chi connectivity index (χ4v) is 3.82. The minimum Gasteiger partial charge on any atom is -0.379 e. The van der Waals surface area contributed by atoms with E-state index in [1.165, 1.54) is 18.6 Å². The first kappa shape index (κ1) is 12.8. The first-order valence-electron chi connectivity index (χ1n) is 7.24. The Morgan fingerprint density at radius 2 is 2.10 bits per heavy atom. The lowest BCUT2D eigenvalue weighted by molar-refractivity contribution is 0.0292. The van der Waals surface area contributed by atoms with Crippen molar-refractivity contribution in [3.05, 3.63) is 0 Å². The molecule has 108 valence electrons. The highest BCUT2D eigenvalue weighted by Gasteiger charge is 2.39. The van der Waals surface area contributed by atoms with Crippen LogP contribution in [-0.2, 0) is 11.3 Å². The van der Waals surface area contributed by atoms with Crippen LogP contribution in [0, 0.1) is 5.92 Å². The number of fused-ring (bicyclic) bond motifs is 2. The van der Waals surface area contributed by atoms with Crippen LogP contribution in [-0.4, -0.2) is 64.0 Å². The molecule has 7 heteroatoms. The van der Waals surface area contributed by atoms with Gasteiger partial charge in [0.2, 0.25) is 11.1 Å². The van der Waals surface area contributed by atoms with Crippen LogP contribution in [0.25, 0.3) is 0 Å². The summed E-state index contributed by atoms with van der Waals surface area (Å²) in [5, 5.41) is 5.32. The van der Waals surface area contributed by atoms with Crippen LogP contribution < -0.4 is 0 Å². The van der Waals surface area contributed by atoms with Gasteiger partial charge in [-0.25, -0.2) is 9.67 Å². The van der Waals surface area contributed by atoms with Gasteiger partial charge in [-0.3, -0.25) is 4.90 Å². The Kier molecular flexibility index (Phi) is 3.28. The zero-order valence-electron chi connectivity index (χ0n) is 11.7. The smallest absolute Gasteiger partial charge is 0.248 e. The molecule has 3 heterocycles. The van der Waals surface area contributed by atoms with Gasteiger partial charge in [0.25, 0.3) is 0 Å². The van der Waals surface area contributed by atoms with Gasteiger partial charge < -0.3 is 4.74 Å². The Bertz CT molecular complexity index is 537. The van der Waals surface area contributed by atoms with Crippen LogP contribution >= 0.6 is 11.8 Å². The summed E-state index contributed by atoms with van der Waals surface area (Å²) < 4.78 is 7.43. The summed E-state index contributed by atoms with van der Waals surface area (Å²) in [6.45, 7) is 4.70. The summed E-state index contributed by atoms with van der Waals surface area (Å²) in [5.74, 6) is 1.34. The molecule has 6 nitrogen and oxygen atoms in total. The monoisotopic (exact) mass is 293 g/mol. The summed E-state index contributed by atoms with van der Waals surface area (Å²) in [6, 6.07) is 0.493. The maximum absolute atomic E-state index is 5.46. The van der Waals surface area contributed by atoms with Crippen LogP contribution in [0.4, 0.5) is 5.95 Å². The molecule has 3 aliphatic rings. The van der Waals surface area contributed by atoms with Crippen LogP contribution in [0.2, 0.25) is 0 Å². The molecule has 1 aromatic heterocycles. The van der Waals surface area contributed by atoms with Crippen molar-refractivity contribution in [3.63, 3.8) is 0 Å². The highest BCUT2D eigenvalue weighted by molar-refractivity contribution is 7.98. The van der Waals surface area contributed by atoms with Gasteiger partial charge in [-0.05, 0) is 19.1 Å². The van der Waals surface area contributed by atoms with Crippen LogP contribution in [0.5, 0.6) is 0 Å². The molecule has 4 rings (SSSR count). The molecule has 0 spiro atoms. The number of aromatic nitrogens is 3. The molecular weight excluding hydrogens is 274 g/mol. The van der Waals surface area contributed by atoms with Gasteiger partial charge in [0, 0.05) is 30.8 Å². The minimum absolute atomic E-state index is 0.493. The molecule has 0 bridgehead atoms. The lowest BCUT2D eigenvalue weighted by Crippen LogP contribution is -2.46. The maximum Gasteiger partial charge on any atom is 0.248 e. The highest BCUT2D eigenvalue weighted by Crippen LogP contribution is 2.34. The maximum atomic E-state index is 5.46. The number of hydrogen-bond acceptors (Lipinski definition) is 6. The van der Waals surface area contributed by atoms with E-state index in [1.807, 2.05) is 10.9 Å². The van der Waals surface area contributed by atoms with E-state index >= 15 is 0 Å². The highest BCUT2D eigenvalue weighted by atomic mass is 32.2. The number of rotatable bonds is 2. The van der Waals surface area contributed by atoms with Crippen LogP contribution in [0.3, 0.4) is 0 Å². The quantitative estimate of drug-likeness (QED) is 0.767. The van der Waals surface area contributed by atoms with Gasteiger partial charge in [0.15, 0.2) is 0 Å². The molecule has 2 atom stereocenters. The Morgan fingerprint density at radius 3 is 2.90 bits per heavy atom. The zero-order valence-corrected chi connectivity index (χ0v) is 12.5. The molecule has 0 N–H and O–H groups in total. The Balaban J connectivity index is 1.62. The van der Waals surface area contributed by atoms with Gasteiger partial charge in [0.1, 0.15) is 0 Å². The van der Waals surface area contributed by atoms with Gasteiger partial charge in [-0.2, -0.15) is 4.98 Å². The molecule has 1 saturated heterocycles. The Labute approximate surface area is 122 Å². The van der Waals surface area contributed by atoms with Crippen molar-refractivity contribution in [2.75, 3.05) is 32.6 Å². The SMILES string of the molecule is CSc1nc2n(n1)CC1CCC(N3CCOCC3)C1=N2. The number of nitrogens with zero attached hydrogens (tertiary/aromatic N) is 5. The molecule has 0 aromatic carbocycles. The molecule has 2 unspecified atom stereocenters. The summed E-state index contributed by atoms with van der Waals surface area (Å²) in [4.78, 5) is 11.9. The molecule has 20 heavy (non-hydrogen) atoms. The van der Waals surface area contributed by atoms with E-state index < -0.39 is 0 Å².